The van der Waals surface area contributed by atoms with Crippen molar-refractivity contribution in [2.24, 2.45) is 0 Å². The van der Waals surface area contributed by atoms with Crippen molar-refractivity contribution < 1.29 is 21.6 Å². The third-order valence-corrected chi connectivity index (χ3v) is 5.42. The number of nitrogens with one attached hydrogen (secondary N) is 2. The van der Waals surface area contributed by atoms with Gasteiger partial charge in [-0.3, -0.25) is 4.72 Å². The second-order valence-corrected chi connectivity index (χ2v) is 7.46. The average molecular weight is 357 g/mol. The van der Waals surface area contributed by atoms with Crippen LogP contribution in [0.1, 0.15) is 12.8 Å². The summed E-state index contributed by atoms with van der Waals surface area (Å²) in [4.78, 5) is 0. The first-order chi connectivity index (χ1) is 11.3. The topological polar surface area (TPSA) is 84.2 Å². The minimum atomic E-state index is -3.69. The number of sulfonamides is 1. The van der Waals surface area contributed by atoms with E-state index in [9.17, 15) is 21.6 Å². The minimum absolute atomic E-state index is 0.160. The highest BCUT2D eigenvalue weighted by atomic mass is 32.2. The molecule has 0 aromatic heterocycles. The number of benzene rings is 2. The van der Waals surface area contributed by atoms with Gasteiger partial charge >= 0.3 is 0 Å². The van der Waals surface area contributed by atoms with Crippen molar-refractivity contribution >= 4 is 32.8 Å². The Balaban J connectivity index is 2.00. The first kappa shape index (κ1) is 16.4. The fourth-order valence-corrected chi connectivity index (χ4v) is 3.54. The van der Waals surface area contributed by atoms with E-state index in [1.54, 1.807) is 0 Å². The molecule has 1 aliphatic carbocycles. The molecule has 1 fully saturated rings. The first-order valence-electron chi connectivity index (χ1n) is 7.09. The molecule has 1 aliphatic rings. The van der Waals surface area contributed by atoms with Gasteiger partial charge < -0.3 is 11.1 Å². The van der Waals surface area contributed by atoms with Crippen molar-refractivity contribution in [2.75, 3.05) is 15.8 Å². The Morgan fingerprint density at radius 1 is 1.00 bits per heavy atom. The van der Waals surface area contributed by atoms with E-state index >= 15 is 0 Å². The zero-order chi connectivity index (χ0) is 17.5. The third-order valence-electron chi connectivity index (χ3n) is 3.56. The molecule has 0 heterocycles. The summed E-state index contributed by atoms with van der Waals surface area (Å²) in [6, 6.07) is 5.50. The van der Waals surface area contributed by atoms with Crippen molar-refractivity contribution in [3.63, 3.8) is 0 Å². The molecular formula is C15H14F3N3O2S. The third kappa shape index (κ3) is 3.25. The summed E-state index contributed by atoms with van der Waals surface area (Å²) in [5, 5.41) is 1.84. The molecule has 4 N–H and O–H groups in total. The molecule has 9 heteroatoms. The summed E-state index contributed by atoms with van der Waals surface area (Å²) in [6.07, 6.45) is 1.02. The van der Waals surface area contributed by atoms with Crippen LogP contribution in [-0.2, 0) is 10.0 Å². The molecule has 0 unspecified atom stereocenters. The van der Waals surface area contributed by atoms with Crippen LogP contribution < -0.4 is 15.8 Å². The molecule has 0 aliphatic heterocycles. The van der Waals surface area contributed by atoms with Crippen molar-refractivity contribution in [3.05, 3.63) is 47.8 Å². The van der Waals surface area contributed by atoms with E-state index < -0.39 is 38.4 Å². The van der Waals surface area contributed by atoms with Crippen molar-refractivity contribution in [1.29, 1.82) is 0 Å². The molecule has 5 nitrogen and oxygen atoms in total. The van der Waals surface area contributed by atoms with Crippen LogP contribution in [0.3, 0.4) is 0 Å². The normalized spacial score (nSPS) is 14.5. The van der Waals surface area contributed by atoms with Gasteiger partial charge in [-0.25, -0.2) is 21.6 Å². The second kappa shape index (κ2) is 5.90. The van der Waals surface area contributed by atoms with E-state index in [0.717, 1.165) is 18.2 Å². The second-order valence-electron chi connectivity index (χ2n) is 5.49. The summed E-state index contributed by atoms with van der Waals surface area (Å²) in [7, 11) is -3.69. The molecule has 0 bridgehead atoms. The van der Waals surface area contributed by atoms with Crippen LogP contribution in [0.25, 0.3) is 0 Å². The van der Waals surface area contributed by atoms with E-state index in [1.165, 1.54) is 12.1 Å². The summed E-state index contributed by atoms with van der Waals surface area (Å²) in [5.41, 5.74) is 4.73. The fourth-order valence-electron chi connectivity index (χ4n) is 2.14. The molecule has 3 rings (SSSR count). The molecule has 1 saturated carbocycles. The van der Waals surface area contributed by atoms with E-state index in [4.69, 9.17) is 5.73 Å². The molecule has 2 aromatic rings. The number of nitrogen functional groups attached to an aromatic ring is 1. The summed E-state index contributed by atoms with van der Waals surface area (Å²) in [6.45, 7) is 0. The highest BCUT2D eigenvalue weighted by Gasteiger charge is 2.36. The SMILES string of the molecule is Nc1ccc(Nc2c(NS(=O)(=O)C3CC3)ccc(F)c2F)c(F)c1. The van der Waals surface area contributed by atoms with Gasteiger partial charge in [-0.15, -0.1) is 0 Å². The monoisotopic (exact) mass is 357 g/mol. The fraction of sp³-hybridized carbons (Fsp3) is 0.200. The highest BCUT2D eigenvalue weighted by molar-refractivity contribution is 7.93. The summed E-state index contributed by atoms with van der Waals surface area (Å²) >= 11 is 0. The lowest BCUT2D eigenvalue weighted by atomic mass is 10.2. The number of rotatable bonds is 5. The standard InChI is InChI=1S/C15H14F3N3O2S/c16-10-4-6-13(21-24(22,23)9-2-3-9)15(14(10)18)20-12-5-1-8(19)7-11(12)17/h1,4-7,9,20-21H,2-3,19H2. The molecule has 128 valence electrons. The molecule has 0 amide bonds. The lowest BCUT2D eigenvalue weighted by molar-refractivity contribution is 0.512. The number of anilines is 4. The van der Waals surface area contributed by atoms with Crippen molar-refractivity contribution in [2.45, 2.75) is 18.1 Å². The molecule has 0 saturated heterocycles. The Bertz CT molecular complexity index is 899. The van der Waals surface area contributed by atoms with Crippen molar-refractivity contribution in [3.8, 4) is 0 Å². The Morgan fingerprint density at radius 3 is 2.29 bits per heavy atom. The van der Waals surface area contributed by atoms with E-state index in [-0.39, 0.29) is 17.1 Å². The molecular weight excluding hydrogens is 343 g/mol. The lowest BCUT2D eigenvalue weighted by Gasteiger charge is -2.16. The molecule has 24 heavy (non-hydrogen) atoms. The van der Waals surface area contributed by atoms with E-state index in [2.05, 4.69) is 10.0 Å². The van der Waals surface area contributed by atoms with Crippen LogP contribution in [0, 0.1) is 17.5 Å². The van der Waals surface area contributed by atoms with Gasteiger partial charge in [-0.1, -0.05) is 0 Å². The van der Waals surface area contributed by atoms with Crippen LogP contribution in [0.15, 0.2) is 30.3 Å². The Hall–Kier alpha value is -2.42. The predicted molar refractivity (Wildman–Crippen MR) is 86.0 cm³/mol. The molecule has 0 atom stereocenters. The molecule has 0 spiro atoms. The van der Waals surface area contributed by atoms with Crippen LogP contribution >= 0.6 is 0 Å². The number of hydrogen-bond donors (Lipinski definition) is 3. The van der Waals surface area contributed by atoms with Crippen LogP contribution in [0.4, 0.5) is 35.9 Å². The van der Waals surface area contributed by atoms with Crippen LogP contribution in [0.5, 0.6) is 0 Å². The van der Waals surface area contributed by atoms with Gasteiger partial charge in [0.25, 0.3) is 0 Å². The predicted octanol–water partition coefficient (Wildman–Crippen LogP) is 3.33. The quantitative estimate of drug-likeness (QED) is 0.717. The maximum absolute atomic E-state index is 14.1. The average Bonchev–Trinajstić information content (AvgIpc) is 3.34. The lowest BCUT2D eigenvalue weighted by Crippen LogP contribution is -2.18. The van der Waals surface area contributed by atoms with Gasteiger partial charge in [-0.2, -0.15) is 0 Å². The number of hydrogen-bond acceptors (Lipinski definition) is 4. The number of halogens is 3. The van der Waals surface area contributed by atoms with Gasteiger partial charge in [0.15, 0.2) is 11.6 Å². The van der Waals surface area contributed by atoms with Gasteiger partial charge in [0.05, 0.1) is 16.6 Å². The largest absolute Gasteiger partial charge is 0.399 e. The highest BCUT2D eigenvalue weighted by Crippen LogP contribution is 2.35. The van der Waals surface area contributed by atoms with E-state index in [1.807, 2.05) is 0 Å². The Morgan fingerprint density at radius 2 is 1.67 bits per heavy atom. The summed E-state index contributed by atoms with van der Waals surface area (Å²) in [5.74, 6) is -3.29. The minimum Gasteiger partial charge on any atom is -0.399 e. The smallest absolute Gasteiger partial charge is 0.235 e. The summed E-state index contributed by atoms with van der Waals surface area (Å²) < 4.78 is 67.8. The number of nitrogens with two attached hydrogens (primary N) is 1. The van der Waals surface area contributed by atoms with Gasteiger partial charge in [-0.05, 0) is 43.2 Å². The Labute approximate surface area is 136 Å². The zero-order valence-electron chi connectivity index (χ0n) is 12.3. The maximum atomic E-state index is 14.1. The Kier molecular flexibility index (Phi) is 4.04. The van der Waals surface area contributed by atoms with Crippen molar-refractivity contribution in [1.82, 2.24) is 0 Å². The van der Waals surface area contributed by atoms with Gasteiger partial charge in [0.2, 0.25) is 10.0 Å². The molecule has 2 aromatic carbocycles. The van der Waals surface area contributed by atoms with Gasteiger partial charge in [0.1, 0.15) is 11.5 Å². The van der Waals surface area contributed by atoms with Gasteiger partial charge in [0, 0.05) is 5.69 Å². The first-order valence-corrected chi connectivity index (χ1v) is 8.64. The zero-order valence-corrected chi connectivity index (χ0v) is 13.1. The maximum Gasteiger partial charge on any atom is 0.235 e. The molecule has 0 radical (unpaired) electrons. The van der Waals surface area contributed by atoms with E-state index in [0.29, 0.717) is 12.8 Å². The van der Waals surface area contributed by atoms with Crippen LogP contribution in [-0.4, -0.2) is 13.7 Å². The van der Waals surface area contributed by atoms with Crippen LogP contribution in [0.2, 0.25) is 0 Å².